The van der Waals surface area contributed by atoms with Crippen molar-refractivity contribution in [2.45, 2.75) is 6.54 Å². The Morgan fingerprint density at radius 1 is 1.42 bits per heavy atom. The highest BCUT2D eigenvalue weighted by atomic mass is 35.5. The molecule has 102 valence electrons. The van der Waals surface area contributed by atoms with Crippen molar-refractivity contribution in [3.8, 4) is 0 Å². The first-order valence-electron chi connectivity index (χ1n) is 5.30. The van der Waals surface area contributed by atoms with Crippen molar-refractivity contribution in [3.63, 3.8) is 0 Å². The zero-order chi connectivity index (χ0) is 13.1. The number of aromatic nitrogens is 2. The van der Waals surface area contributed by atoms with Gasteiger partial charge in [0.05, 0.1) is 17.8 Å². The molecule has 2 rings (SSSR count). The molecule has 0 spiro atoms. The number of benzene rings is 1. The molecule has 1 aromatic heterocycles. The third kappa shape index (κ3) is 4.42. The topological polar surface area (TPSA) is 37.9 Å². The van der Waals surface area contributed by atoms with E-state index in [1.54, 1.807) is 22.8 Å². The lowest BCUT2D eigenvalue weighted by atomic mass is 10.3. The predicted molar refractivity (Wildman–Crippen MR) is 77.9 cm³/mol. The third-order valence-corrected chi connectivity index (χ3v) is 2.92. The Balaban J connectivity index is 0.00000180. The Morgan fingerprint density at radius 3 is 2.79 bits per heavy atom. The summed E-state index contributed by atoms with van der Waals surface area (Å²) in [5, 5.41) is 3.72. The molecule has 4 nitrogen and oxygen atoms in total. The lowest BCUT2D eigenvalue weighted by Crippen LogP contribution is -2.25. The summed E-state index contributed by atoms with van der Waals surface area (Å²) in [6, 6.07) is 4.94. The van der Waals surface area contributed by atoms with Crippen molar-refractivity contribution in [3.05, 3.63) is 47.0 Å². The SMILES string of the molecule is C[n+]1ccn(CC(=O)Nc2cc(Cl)ccc2Cl)c1.Cl. The van der Waals surface area contributed by atoms with Gasteiger partial charge in [-0.15, -0.1) is 12.4 Å². The minimum Gasteiger partial charge on any atom is -0.321 e. The van der Waals surface area contributed by atoms with Gasteiger partial charge in [-0.2, -0.15) is 0 Å². The molecule has 1 N–H and O–H groups in total. The minimum atomic E-state index is -0.157. The van der Waals surface area contributed by atoms with Crippen molar-refractivity contribution < 1.29 is 9.36 Å². The Kier molecular flexibility index (Phi) is 5.66. The molecule has 1 amide bonds. The average Bonchev–Trinajstić information content (AvgIpc) is 2.69. The number of hydrogen-bond acceptors (Lipinski definition) is 1. The molecule has 1 aromatic carbocycles. The van der Waals surface area contributed by atoms with Crippen LogP contribution in [0.2, 0.25) is 10.0 Å². The quantitative estimate of drug-likeness (QED) is 0.867. The molecule has 0 bridgehead atoms. The lowest BCUT2D eigenvalue weighted by molar-refractivity contribution is -0.671. The van der Waals surface area contributed by atoms with Crippen LogP contribution in [0.25, 0.3) is 0 Å². The van der Waals surface area contributed by atoms with Crippen LogP contribution < -0.4 is 9.88 Å². The molecule has 7 heteroatoms. The Morgan fingerprint density at radius 2 is 2.16 bits per heavy atom. The van der Waals surface area contributed by atoms with Crippen LogP contribution in [0.1, 0.15) is 0 Å². The van der Waals surface area contributed by atoms with Gasteiger partial charge in [-0.1, -0.05) is 23.2 Å². The molecule has 0 atom stereocenters. The van der Waals surface area contributed by atoms with Gasteiger partial charge in [-0.05, 0) is 18.2 Å². The summed E-state index contributed by atoms with van der Waals surface area (Å²) in [6.07, 6.45) is 5.50. The van der Waals surface area contributed by atoms with Crippen LogP contribution >= 0.6 is 35.6 Å². The second-order valence-electron chi connectivity index (χ2n) is 3.92. The van der Waals surface area contributed by atoms with Crippen LogP contribution in [-0.4, -0.2) is 10.5 Å². The van der Waals surface area contributed by atoms with Gasteiger partial charge in [-0.3, -0.25) is 4.79 Å². The molecule has 1 heterocycles. The molecule has 0 radical (unpaired) electrons. The molecule has 0 fully saturated rings. The van der Waals surface area contributed by atoms with Crippen LogP contribution in [0, 0.1) is 0 Å². The van der Waals surface area contributed by atoms with Crippen molar-refractivity contribution >= 4 is 47.2 Å². The number of halogens is 3. The van der Waals surface area contributed by atoms with E-state index in [0.717, 1.165) is 0 Å². The monoisotopic (exact) mass is 320 g/mol. The van der Waals surface area contributed by atoms with Crippen LogP contribution in [0.4, 0.5) is 5.69 Å². The normalized spacial score (nSPS) is 9.84. The summed E-state index contributed by atoms with van der Waals surface area (Å²) in [5.74, 6) is -0.157. The molecule has 0 unspecified atom stereocenters. The summed E-state index contributed by atoms with van der Waals surface area (Å²) in [5.41, 5.74) is 0.519. The highest BCUT2D eigenvalue weighted by molar-refractivity contribution is 6.35. The fourth-order valence-electron chi connectivity index (χ4n) is 1.54. The molecule has 0 saturated carbocycles. The number of carbonyl (C=O) groups is 1. The van der Waals surface area contributed by atoms with Gasteiger partial charge in [0.25, 0.3) is 5.91 Å². The summed E-state index contributed by atoms with van der Waals surface area (Å²) < 4.78 is 3.63. The fourth-order valence-corrected chi connectivity index (χ4v) is 1.88. The standard InChI is InChI=1S/C12H11Cl2N3O.ClH/c1-16-4-5-17(8-16)7-12(18)15-11-6-9(13)2-3-10(11)14;/h2-6,8H,7H2,1H3;1H/p+1. The number of amides is 1. The van der Waals surface area contributed by atoms with Crippen LogP contribution in [0.3, 0.4) is 0 Å². The van der Waals surface area contributed by atoms with Gasteiger partial charge in [0.2, 0.25) is 6.33 Å². The zero-order valence-corrected chi connectivity index (χ0v) is 12.5. The van der Waals surface area contributed by atoms with Gasteiger partial charge in [0.15, 0.2) is 6.54 Å². The first-order valence-corrected chi connectivity index (χ1v) is 6.06. The largest absolute Gasteiger partial charge is 0.321 e. The van der Waals surface area contributed by atoms with Crippen molar-refractivity contribution in [2.75, 3.05) is 5.32 Å². The van der Waals surface area contributed by atoms with E-state index in [1.807, 2.05) is 30.3 Å². The number of rotatable bonds is 3. The van der Waals surface area contributed by atoms with Crippen LogP contribution in [-0.2, 0) is 18.4 Å². The molecule has 0 aliphatic carbocycles. The zero-order valence-electron chi connectivity index (χ0n) is 10.1. The van der Waals surface area contributed by atoms with E-state index in [2.05, 4.69) is 5.32 Å². The molecular weight excluding hydrogens is 309 g/mol. The summed E-state index contributed by atoms with van der Waals surface area (Å²) in [4.78, 5) is 11.8. The van der Waals surface area contributed by atoms with E-state index >= 15 is 0 Å². The van der Waals surface area contributed by atoms with Crippen molar-refractivity contribution in [2.24, 2.45) is 7.05 Å². The van der Waals surface area contributed by atoms with Crippen molar-refractivity contribution in [1.29, 1.82) is 0 Å². The molecule has 19 heavy (non-hydrogen) atoms. The Labute approximate surface area is 127 Å². The molecule has 0 aliphatic heterocycles. The van der Waals surface area contributed by atoms with E-state index in [-0.39, 0.29) is 24.9 Å². The molecule has 0 aliphatic rings. The summed E-state index contributed by atoms with van der Waals surface area (Å²) in [6.45, 7) is 0.226. The summed E-state index contributed by atoms with van der Waals surface area (Å²) >= 11 is 11.8. The van der Waals surface area contributed by atoms with Gasteiger partial charge in [-0.25, -0.2) is 9.13 Å². The number of nitrogens with zero attached hydrogens (tertiary/aromatic N) is 2. The second kappa shape index (κ2) is 6.80. The van der Waals surface area contributed by atoms with E-state index in [0.29, 0.717) is 15.7 Å². The maximum Gasteiger partial charge on any atom is 0.266 e. The number of hydrogen-bond donors (Lipinski definition) is 1. The highest BCUT2D eigenvalue weighted by Gasteiger charge is 2.10. The number of aryl methyl sites for hydroxylation is 1. The van der Waals surface area contributed by atoms with E-state index < -0.39 is 0 Å². The average molecular weight is 322 g/mol. The van der Waals surface area contributed by atoms with Crippen molar-refractivity contribution in [1.82, 2.24) is 4.57 Å². The molecule has 0 saturated heterocycles. The molecule has 2 aromatic rings. The smallest absolute Gasteiger partial charge is 0.266 e. The fraction of sp³-hybridized carbons (Fsp3) is 0.167. The first kappa shape index (κ1) is 15.8. The van der Waals surface area contributed by atoms with E-state index in [9.17, 15) is 4.79 Å². The minimum absolute atomic E-state index is 0. The predicted octanol–water partition coefficient (Wildman–Crippen LogP) is 2.68. The number of carbonyl (C=O) groups excluding carboxylic acids is 1. The van der Waals surface area contributed by atoms with Gasteiger partial charge < -0.3 is 5.32 Å². The van der Waals surface area contributed by atoms with Gasteiger partial charge in [0, 0.05) is 5.02 Å². The molecular formula is C12H13Cl3N3O+. The second-order valence-corrected chi connectivity index (χ2v) is 4.77. The Bertz CT molecular complexity index is 583. The number of nitrogens with one attached hydrogen (secondary N) is 1. The number of anilines is 1. The lowest BCUT2D eigenvalue weighted by Gasteiger charge is -2.06. The third-order valence-electron chi connectivity index (χ3n) is 2.35. The Hall–Kier alpha value is -1.23. The maximum atomic E-state index is 11.8. The summed E-state index contributed by atoms with van der Waals surface area (Å²) in [7, 11) is 1.89. The maximum absolute atomic E-state index is 11.8. The van der Waals surface area contributed by atoms with Gasteiger partial charge in [0.1, 0.15) is 12.4 Å². The van der Waals surface area contributed by atoms with Crippen LogP contribution in [0.15, 0.2) is 36.9 Å². The van der Waals surface area contributed by atoms with Gasteiger partial charge >= 0.3 is 0 Å². The highest BCUT2D eigenvalue weighted by Crippen LogP contribution is 2.25. The van der Waals surface area contributed by atoms with E-state index in [1.165, 1.54) is 0 Å². The first-order chi connectivity index (χ1) is 8.54. The van der Waals surface area contributed by atoms with Crippen LogP contribution in [0.5, 0.6) is 0 Å². The van der Waals surface area contributed by atoms with E-state index in [4.69, 9.17) is 23.2 Å². The number of imidazole rings is 1.